The molecule has 0 saturated carbocycles. The van der Waals surface area contributed by atoms with Crippen molar-refractivity contribution in [3.63, 3.8) is 0 Å². The van der Waals surface area contributed by atoms with Crippen LogP contribution >= 0.6 is 11.6 Å². The molecule has 114 valence electrons. The first kappa shape index (κ1) is 15.6. The van der Waals surface area contributed by atoms with E-state index in [1.807, 2.05) is 6.92 Å². The SMILES string of the molecule is CC1CCCN(C(=O)Nc2cc(C(=O)O)ccc2Cl)C1C. The van der Waals surface area contributed by atoms with Gasteiger partial charge >= 0.3 is 12.0 Å². The molecule has 2 amide bonds. The largest absolute Gasteiger partial charge is 0.478 e. The van der Waals surface area contributed by atoms with Crippen molar-refractivity contribution in [3.8, 4) is 0 Å². The van der Waals surface area contributed by atoms with Crippen molar-refractivity contribution in [3.05, 3.63) is 28.8 Å². The number of carboxylic acids is 1. The van der Waals surface area contributed by atoms with Gasteiger partial charge in [0.2, 0.25) is 0 Å². The Morgan fingerprint density at radius 2 is 2.10 bits per heavy atom. The number of urea groups is 1. The third kappa shape index (κ3) is 3.47. The lowest BCUT2D eigenvalue weighted by Gasteiger charge is -2.37. The number of nitrogens with zero attached hydrogens (tertiary/aromatic N) is 1. The monoisotopic (exact) mass is 310 g/mol. The number of aromatic carboxylic acids is 1. The molecule has 2 rings (SSSR count). The number of likely N-dealkylation sites (tertiary alicyclic amines) is 1. The Kier molecular flexibility index (Phi) is 4.73. The Morgan fingerprint density at radius 3 is 2.76 bits per heavy atom. The van der Waals surface area contributed by atoms with Gasteiger partial charge in [0.15, 0.2) is 0 Å². The summed E-state index contributed by atoms with van der Waals surface area (Å²) in [6.45, 7) is 4.86. The Bertz CT molecular complexity index is 562. The highest BCUT2D eigenvalue weighted by molar-refractivity contribution is 6.33. The molecule has 2 unspecified atom stereocenters. The van der Waals surface area contributed by atoms with E-state index in [1.54, 1.807) is 4.90 Å². The second-order valence-electron chi connectivity index (χ2n) is 5.48. The molecule has 1 heterocycles. The maximum Gasteiger partial charge on any atom is 0.335 e. The van der Waals surface area contributed by atoms with Gasteiger partial charge in [0.1, 0.15) is 0 Å². The summed E-state index contributed by atoms with van der Waals surface area (Å²) in [6, 6.07) is 4.17. The molecule has 0 spiro atoms. The summed E-state index contributed by atoms with van der Waals surface area (Å²) in [6.07, 6.45) is 2.09. The fraction of sp³-hybridized carbons (Fsp3) is 0.467. The Balaban J connectivity index is 2.15. The zero-order chi connectivity index (χ0) is 15.6. The van der Waals surface area contributed by atoms with E-state index in [0.29, 0.717) is 23.2 Å². The Hall–Kier alpha value is -1.75. The van der Waals surface area contributed by atoms with Crippen molar-refractivity contribution in [2.24, 2.45) is 5.92 Å². The van der Waals surface area contributed by atoms with E-state index in [-0.39, 0.29) is 17.6 Å². The summed E-state index contributed by atoms with van der Waals surface area (Å²) in [7, 11) is 0. The predicted molar refractivity (Wildman–Crippen MR) is 82.0 cm³/mol. The minimum Gasteiger partial charge on any atom is -0.478 e. The van der Waals surface area contributed by atoms with Gasteiger partial charge in [-0.15, -0.1) is 0 Å². The zero-order valence-corrected chi connectivity index (χ0v) is 12.9. The van der Waals surface area contributed by atoms with Crippen molar-refractivity contribution in [1.82, 2.24) is 4.90 Å². The highest BCUT2D eigenvalue weighted by Crippen LogP contribution is 2.26. The lowest BCUT2D eigenvalue weighted by molar-refractivity contribution is 0.0697. The molecule has 1 aliphatic rings. The van der Waals surface area contributed by atoms with E-state index in [9.17, 15) is 9.59 Å². The molecule has 6 heteroatoms. The van der Waals surface area contributed by atoms with Gasteiger partial charge in [0, 0.05) is 12.6 Å². The van der Waals surface area contributed by atoms with Gasteiger partial charge < -0.3 is 15.3 Å². The number of amides is 2. The third-order valence-corrected chi connectivity index (χ3v) is 4.42. The number of hydrogen-bond donors (Lipinski definition) is 2. The first-order chi connectivity index (χ1) is 9.90. The molecule has 0 aromatic heterocycles. The van der Waals surface area contributed by atoms with Crippen molar-refractivity contribution >= 4 is 29.3 Å². The maximum absolute atomic E-state index is 12.4. The molecule has 2 atom stereocenters. The van der Waals surface area contributed by atoms with E-state index >= 15 is 0 Å². The number of benzene rings is 1. The van der Waals surface area contributed by atoms with E-state index in [4.69, 9.17) is 16.7 Å². The Morgan fingerprint density at radius 1 is 1.38 bits per heavy atom. The number of hydrogen-bond acceptors (Lipinski definition) is 2. The number of piperidine rings is 1. The van der Waals surface area contributed by atoms with Gasteiger partial charge in [0.25, 0.3) is 0 Å². The number of nitrogens with one attached hydrogen (secondary N) is 1. The van der Waals surface area contributed by atoms with Gasteiger partial charge in [-0.3, -0.25) is 0 Å². The minimum atomic E-state index is -1.05. The maximum atomic E-state index is 12.4. The molecule has 0 aliphatic carbocycles. The Labute approximate surface area is 128 Å². The molecule has 21 heavy (non-hydrogen) atoms. The first-order valence-electron chi connectivity index (χ1n) is 7.00. The second-order valence-corrected chi connectivity index (χ2v) is 5.89. The van der Waals surface area contributed by atoms with Crippen LogP contribution in [0.4, 0.5) is 10.5 Å². The molecule has 0 radical (unpaired) electrons. The zero-order valence-electron chi connectivity index (χ0n) is 12.1. The smallest absolute Gasteiger partial charge is 0.335 e. The van der Waals surface area contributed by atoms with Crippen molar-refractivity contribution in [2.45, 2.75) is 32.7 Å². The average Bonchev–Trinajstić information content (AvgIpc) is 2.43. The van der Waals surface area contributed by atoms with Crippen LogP contribution in [0.15, 0.2) is 18.2 Å². The predicted octanol–water partition coefficient (Wildman–Crippen LogP) is 3.69. The van der Waals surface area contributed by atoms with Gasteiger partial charge in [-0.2, -0.15) is 0 Å². The molecular weight excluding hydrogens is 292 g/mol. The lowest BCUT2D eigenvalue weighted by atomic mass is 9.92. The second kappa shape index (κ2) is 6.35. The van der Waals surface area contributed by atoms with Crippen LogP contribution in [-0.4, -0.2) is 34.6 Å². The van der Waals surface area contributed by atoms with Gasteiger partial charge in [0.05, 0.1) is 16.3 Å². The molecular formula is C15H19ClN2O3. The molecule has 1 aliphatic heterocycles. The number of carbonyl (C=O) groups is 2. The molecule has 1 aromatic carbocycles. The third-order valence-electron chi connectivity index (χ3n) is 4.09. The molecule has 0 bridgehead atoms. The normalized spacial score (nSPS) is 22.0. The number of carboxylic acid groups (broad SMARTS) is 1. The lowest BCUT2D eigenvalue weighted by Crippen LogP contribution is -2.47. The van der Waals surface area contributed by atoms with Crippen molar-refractivity contribution < 1.29 is 14.7 Å². The summed E-state index contributed by atoms with van der Waals surface area (Å²) < 4.78 is 0. The molecule has 1 fully saturated rings. The topological polar surface area (TPSA) is 69.6 Å². The fourth-order valence-electron chi connectivity index (χ4n) is 2.56. The highest BCUT2D eigenvalue weighted by Gasteiger charge is 2.28. The van der Waals surface area contributed by atoms with Gasteiger partial charge in [-0.05, 0) is 43.9 Å². The van der Waals surface area contributed by atoms with Crippen LogP contribution in [0.5, 0.6) is 0 Å². The molecule has 1 aromatic rings. The van der Waals surface area contributed by atoms with Gasteiger partial charge in [-0.1, -0.05) is 18.5 Å². The minimum absolute atomic E-state index is 0.0924. The van der Waals surface area contributed by atoms with Crippen LogP contribution in [0.25, 0.3) is 0 Å². The van der Waals surface area contributed by atoms with Crippen LogP contribution in [0, 0.1) is 5.92 Å². The van der Waals surface area contributed by atoms with Gasteiger partial charge in [-0.25, -0.2) is 9.59 Å². The number of carbonyl (C=O) groups excluding carboxylic acids is 1. The van der Waals surface area contributed by atoms with Crippen LogP contribution in [0.1, 0.15) is 37.0 Å². The summed E-state index contributed by atoms with van der Waals surface area (Å²) >= 11 is 6.02. The molecule has 2 N–H and O–H groups in total. The fourth-order valence-corrected chi connectivity index (χ4v) is 2.73. The van der Waals surface area contributed by atoms with Crippen molar-refractivity contribution in [1.29, 1.82) is 0 Å². The summed E-state index contributed by atoms with van der Waals surface area (Å²) in [5.41, 5.74) is 0.418. The van der Waals surface area contributed by atoms with E-state index < -0.39 is 5.97 Å². The average molecular weight is 311 g/mol. The molecule has 5 nitrogen and oxygen atoms in total. The van der Waals surface area contributed by atoms with E-state index in [0.717, 1.165) is 12.8 Å². The number of anilines is 1. The van der Waals surface area contributed by atoms with Crippen LogP contribution < -0.4 is 5.32 Å². The van der Waals surface area contributed by atoms with E-state index in [1.165, 1.54) is 18.2 Å². The summed E-state index contributed by atoms with van der Waals surface area (Å²) in [4.78, 5) is 25.1. The standard InChI is InChI=1S/C15H19ClN2O3/c1-9-4-3-7-18(10(9)2)15(21)17-13-8-11(14(19)20)5-6-12(13)16/h5-6,8-10H,3-4,7H2,1-2H3,(H,17,21)(H,19,20). The first-order valence-corrected chi connectivity index (χ1v) is 7.38. The van der Waals surface area contributed by atoms with E-state index in [2.05, 4.69) is 12.2 Å². The quantitative estimate of drug-likeness (QED) is 0.875. The number of rotatable bonds is 2. The molecule has 1 saturated heterocycles. The van der Waals surface area contributed by atoms with Crippen molar-refractivity contribution in [2.75, 3.05) is 11.9 Å². The summed E-state index contributed by atoms with van der Waals surface area (Å²) in [5, 5.41) is 12.0. The highest BCUT2D eigenvalue weighted by atomic mass is 35.5. The van der Waals surface area contributed by atoms with Crippen LogP contribution in [0.2, 0.25) is 5.02 Å². The number of halogens is 1. The summed E-state index contributed by atoms with van der Waals surface area (Å²) in [5.74, 6) is -0.604. The van der Waals surface area contributed by atoms with Crippen LogP contribution in [-0.2, 0) is 0 Å². The van der Waals surface area contributed by atoms with Crippen LogP contribution in [0.3, 0.4) is 0 Å².